The SMILES string of the molecule is CC1CC1NS(=O)(=O)c1cnn(CCO)c1. The molecule has 7 heteroatoms. The highest BCUT2D eigenvalue weighted by Gasteiger charge is 2.36. The minimum absolute atomic E-state index is 0.0613. The summed E-state index contributed by atoms with van der Waals surface area (Å²) in [6.45, 7) is 2.24. The van der Waals surface area contributed by atoms with Gasteiger partial charge in [-0.15, -0.1) is 0 Å². The van der Waals surface area contributed by atoms with Crippen LogP contribution in [0.5, 0.6) is 0 Å². The number of hydrogen-bond donors (Lipinski definition) is 2. The van der Waals surface area contributed by atoms with E-state index in [-0.39, 0.29) is 17.5 Å². The maximum Gasteiger partial charge on any atom is 0.243 e. The molecule has 0 saturated heterocycles. The van der Waals surface area contributed by atoms with Gasteiger partial charge >= 0.3 is 0 Å². The van der Waals surface area contributed by atoms with Crippen molar-refractivity contribution < 1.29 is 13.5 Å². The van der Waals surface area contributed by atoms with E-state index in [0.29, 0.717) is 12.5 Å². The van der Waals surface area contributed by atoms with Crippen molar-refractivity contribution in [2.45, 2.75) is 30.8 Å². The molecule has 1 aliphatic rings. The van der Waals surface area contributed by atoms with E-state index in [4.69, 9.17) is 5.11 Å². The topological polar surface area (TPSA) is 84.2 Å². The van der Waals surface area contributed by atoms with Gasteiger partial charge in [0.15, 0.2) is 0 Å². The Labute approximate surface area is 94.3 Å². The predicted octanol–water partition coefficient (Wildman–Crippen LogP) is -0.438. The number of nitrogens with one attached hydrogen (secondary N) is 1. The Morgan fingerprint density at radius 1 is 1.69 bits per heavy atom. The highest BCUT2D eigenvalue weighted by Crippen LogP contribution is 2.30. The Hall–Kier alpha value is -0.920. The molecule has 1 saturated carbocycles. The largest absolute Gasteiger partial charge is 0.394 e. The first-order chi connectivity index (χ1) is 7.53. The Morgan fingerprint density at radius 3 is 2.94 bits per heavy atom. The minimum atomic E-state index is -3.44. The number of nitrogens with zero attached hydrogens (tertiary/aromatic N) is 2. The van der Waals surface area contributed by atoms with E-state index < -0.39 is 10.0 Å². The number of aliphatic hydroxyl groups is 1. The van der Waals surface area contributed by atoms with Gasteiger partial charge in [0.2, 0.25) is 10.0 Å². The summed E-state index contributed by atoms with van der Waals surface area (Å²) in [7, 11) is -3.44. The summed E-state index contributed by atoms with van der Waals surface area (Å²) in [6.07, 6.45) is 3.61. The molecule has 16 heavy (non-hydrogen) atoms. The van der Waals surface area contributed by atoms with Crippen molar-refractivity contribution in [2.75, 3.05) is 6.61 Å². The van der Waals surface area contributed by atoms with E-state index in [1.807, 2.05) is 6.92 Å². The van der Waals surface area contributed by atoms with E-state index in [2.05, 4.69) is 9.82 Å². The van der Waals surface area contributed by atoms with Crippen LogP contribution in [0.1, 0.15) is 13.3 Å². The molecule has 2 atom stereocenters. The standard InChI is InChI=1S/C9H15N3O3S/c1-7-4-9(7)11-16(14,15)8-5-10-12(6-8)2-3-13/h5-7,9,11,13H,2-4H2,1H3. The number of rotatable bonds is 5. The molecule has 0 bridgehead atoms. The van der Waals surface area contributed by atoms with Gasteiger partial charge in [-0.05, 0) is 12.3 Å². The van der Waals surface area contributed by atoms with Crippen molar-refractivity contribution in [3.8, 4) is 0 Å². The summed E-state index contributed by atoms with van der Waals surface area (Å²) in [5.41, 5.74) is 0. The molecule has 2 rings (SSSR count). The fraction of sp³-hybridized carbons (Fsp3) is 0.667. The average molecular weight is 245 g/mol. The molecule has 6 nitrogen and oxygen atoms in total. The second-order valence-electron chi connectivity index (χ2n) is 4.10. The zero-order chi connectivity index (χ0) is 11.8. The van der Waals surface area contributed by atoms with E-state index in [1.165, 1.54) is 17.1 Å². The van der Waals surface area contributed by atoms with Crippen LogP contribution in [0.25, 0.3) is 0 Å². The van der Waals surface area contributed by atoms with Gasteiger partial charge in [0.25, 0.3) is 0 Å². The smallest absolute Gasteiger partial charge is 0.243 e. The highest BCUT2D eigenvalue weighted by molar-refractivity contribution is 7.89. The molecule has 2 N–H and O–H groups in total. The highest BCUT2D eigenvalue weighted by atomic mass is 32.2. The zero-order valence-corrected chi connectivity index (χ0v) is 9.81. The van der Waals surface area contributed by atoms with Gasteiger partial charge < -0.3 is 5.11 Å². The lowest BCUT2D eigenvalue weighted by atomic mass is 10.5. The molecule has 0 aliphatic heterocycles. The van der Waals surface area contributed by atoms with E-state index in [9.17, 15) is 8.42 Å². The van der Waals surface area contributed by atoms with Crippen LogP contribution in [0.2, 0.25) is 0 Å². The summed E-state index contributed by atoms with van der Waals surface area (Å²) < 4.78 is 27.7. The van der Waals surface area contributed by atoms with Crippen molar-refractivity contribution in [2.24, 2.45) is 5.92 Å². The van der Waals surface area contributed by atoms with Crippen molar-refractivity contribution in [3.05, 3.63) is 12.4 Å². The van der Waals surface area contributed by atoms with Gasteiger partial charge in [0.1, 0.15) is 4.90 Å². The van der Waals surface area contributed by atoms with Gasteiger partial charge in [0, 0.05) is 12.2 Å². The van der Waals surface area contributed by atoms with Crippen LogP contribution in [0.15, 0.2) is 17.3 Å². The van der Waals surface area contributed by atoms with Crippen LogP contribution in [-0.4, -0.2) is 36.0 Å². The molecule has 1 aromatic rings. The van der Waals surface area contributed by atoms with E-state index in [1.54, 1.807) is 0 Å². The fourth-order valence-electron chi connectivity index (χ4n) is 1.46. The van der Waals surface area contributed by atoms with E-state index >= 15 is 0 Å². The first-order valence-corrected chi connectivity index (χ1v) is 6.67. The zero-order valence-electron chi connectivity index (χ0n) is 9.00. The molecule has 0 amide bonds. The van der Waals surface area contributed by atoms with Crippen LogP contribution in [0, 0.1) is 5.92 Å². The summed E-state index contributed by atoms with van der Waals surface area (Å²) in [5, 5.41) is 12.6. The average Bonchev–Trinajstić information content (AvgIpc) is 2.71. The summed E-state index contributed by atoms with van der Waals surface area (Å²) in [5.74, 6) is 0.419. The van der Waals surface area contributed by atoms with Gasteiger partial charge in [0.05, 0.1) is 19.3 Å². The maximum atomic E-state index is 11.8. The van der Waals surface area contributed by atoms with Crippen molar-refractivity contribution in [1.29, 1.82) is 0 Å². The molecule has 0 radical (unpaired) electrons. The molecule has 1 fully saturated rings. The summed E-state index contributed by atoms with van der Waals surface area (Å²) in [6, 6.07) is 0.0613. The van der Waals surface area contributed by atoms with Crippen LogP contribution < -0.4 is 4.72 Å². The van der Waals surface area contributed by atoms with Crippen LogP contribution in [0.4, 0.5) is 0 Å². The molecule has 1 aliphatic carbocycles. The van der Waals surface area contributed by atoms with Crippen LogP contribution in [0.3, 0.4) is 0 Å². The maximum absolute atomic E-state index is 11.8. The second kappa shape index (κ2) is 4.15. The van der Waals surface area contributed by atoms with Gasteiger partial charge in [-0.3, -0.25) is 4.68 Å². The third kappa shape index (κ3) is 2.42. The molecular formula is C9H15N3O3S. The lowest BCUT2D eigenvalue weighted by Gasteiger charge is -2.02. The molecule has 1 heterocycles. The van der Waals surface area contributed by atoms with Gasteiger partial charge in [-0.25, -0.2) is 13.1 Å². The molecular weight excluding hydrogens is 230 g/mol. The normalized spacial score (nSPS) is 24.6. The Kier molecular flexibility index (Phi) is 3.00. The summed E-state index contributed by atoms with van der Waals surface area (Å²) >= 11 is 0. The second-order valence-corrected chi connectivity index (χ2v) is 5.82. The molecule has 1 aromatic heterocycles. The minimum Gasteiger partial charge on any atom is -0.394 e. The number of aromatic nitrogens is 2. The monoisotopic (exact) mass is 245 g/mol. The number of sulfonamides is 1. The third-order valence-electron chi connectivity index (χ3n) is 2.66. The molecule has 90 valence electrons. The van der Waals surface area contributed by atoms with Crippen LogP contribution >= 0.6 is 0 Å². The van der Waals surface area contributed by atoms with Crippen molar-refractivity contribution in [1.82, 2.24) is 14.5 Å². The Balaban J connectivity index is 2.09. The predicted molar refractivity (Wildman–Crippen MR) is 57.2 cm³/mol. The van der Waals surface area contributed by atoms with E-state index in [0.717, 1.165) is 6.42 Å². The Bertz CT molecular complexity index is 468. The van der Waals surface area contributed by atoms with Crippen LogP contribution in [-0.2, 0) is 16.6 Å². The first-order valence-electron chi connectivity index (χ1n) is 5.18. The molecule has 0 aromatic carbocycles. The quantitative estimate of drug-likeness (QED) is 0.736. The number of aliphatic hydroxyl groups excluding tert-OH is 1. The van der Waals surface area contributed by atoms with Crippen molar-refractivity contribution >= 4 is 10.0 Å². The third-order valence-corrected chi connectivity index (χ3v) is 4.11. The van der Waals surface area contributed by atoms with Gasteiger partial charge in [-0.1, -0.05) is 6.92 Å². The molecule has 2 unspecified atom stereocenters. The summed E-state index contributed by atoms with van der Waals surface area (Å²) in [4.78, 5) is 0.153. The lowest BCUT2D eigenvalue weighted by molar-refractivity contribution is 0.269. The lowest BCUT2D eigenvalue weighted by Crippen LogP contribution is -2.26. The van der Waals surface area contributed by atoms with Crippen molar-refractivity contribution in [3.63, 3.8) is 0 Å². The Morgan fingerprint density at radius 2 is 2.38 bits per heavy atom. The fourth-order valence-corrected chi connectivity index (χ4v) is 2.77. The first kappa shape index (κ1) is 11.6. The number of hydrogen-bond acceptors (Lipinski definition) is 4. The van der Waals surface area contributed by atoms with Gasteiger partial charge in [-0.2, -0.15) is 5.10 Å². The molecule has 0 spiro atoms.